The van der Waals surface area contributed by atoms with Gasteiger partial charge in [-0.25, -0.2) is 4.98 Å². The summed E-state index contributed by atoms with van der Waals surface area (Å²) in [6.45, 7) is 1.60. The van der Waals surface area contributed by atoms with Crippen molar-refractivity contribution < 1.29 is 33.4 Å². The van der Waals surface area contributed by atoms with Crippen molar-refractivity contribution >= 4 is 51.8 Å². The zero-order valence-corrected chi connectivity index (χ0v) is 26.1. The summed E-state index contributed by atoms with van der Waals surface area (Å²) in [5, 5.41) is 10.5. The number of phenols is 1. The Bertz CT molecular complexity index is 2140. The lowest BCUT2D eigenvalue weighted by Crippen LogP contribution is -2.39. The number of methoxy groups -OCH3 is 1. The predicted octanol–water partition coefficient (Wildman–Crippen LogP) is 6.50. The van der Waals surface area contributed by atoms with Gasteiger partial charge in [0.25, 0.3) is 0 Å². The molecular weight excluding hydrogens is 620 g/mol. The molecule has 0 unspecified atom stereocenters. The molecule has 1 N–H and O–H groups in total. The third-order valence-electron chi connectivity index (χ3n) is 9.83. The molecule has 10 heteroatoms. The van der Waals surface area contributed by atoms with Gasteiger partial charge in [0.05, 0.1) is 29.7 Å². The molecule has 4 aliphatic rings. The number of phenolic OH excluding ortho intramolecular Hbond substituents is 1. The molecule has 47 heavy (non-hydrogen) atoms. The molecule has 234 valence electrons. The third kappa shape index (κ3) is 4.33. The number of carbonyl (C=O) groups is 4. The molecule has 9 nitrogen and oxygen atoms in total. The number of carbonyl (C=O) groups excluding carboxylic acids is 4. The van der Waals surface area contributed by atoms with Crippen LogP contribution in [0.1, 0.15) is 31.2 Å². The molecule has 1 fully saturated rings. The topological polar surface area (TPSA) is 127 Å². The first kappa shape index (κ1) is 29.1. The summed E-state index contributed by atoms with van der Waals surface area (Å²) in [7, 11) is 1.40. The highest BCUT2D eigenvalue weighted by atomic mass is 35.5. The lowest BCUT2D eigenvalue weighted by atomic mass is 9.59. The number of allylic oxidation sites excluding steroid dienone is 6. The number of amides is 2. The highest BCUT2D eigenvalue weighted by molar-refractivity contribution is 6.32. The highest BCUT2D eigenvalue weighted by Gasteiger charge is 2.56. The van der Waals surface area contributed by atoms with E-state index in [-0.39, 0.29) is 52.7 Å². The number of rotatable bonds is 4. The second-order valence-corrected chi connectivity index (χ2v) is 12.7. The van der Waals surface area contributed by atoms with Crippen molar-refractivity contribution in [3.05, 3.63) is 106 Å². The summed E-state index contributed by atoms with van der Waals surface area (Å²) in [5.74, 6) is -3.50. The van der Waals surface area contributed by atoms with Crippen LogP contribution in [0.3, 0.4) is 0 Å². The van der Waals surface area contributed by atoms with E-state index in [4.69, 9.17) is 20.8 Å². The van der Waals surface area contributed by atoms with E-state index in [1.165, 1.54) is 18.1 Å². The first-order chi connectivity index (χ1) is 22.7. The van der Waals surface area contributed by atoms with E-state index in [1.54, 1.807) is 43.3 Å². The Balaban J connectivity index is 1.18. The highest BCUT2D eigenvalue weighted by Crippen LogP contribution is 2.56. The van der Waals surface area contributed by atoms with Crippen LogP contribution in [0.4, 0.5) is 5.69 Å². The molecule has 0 saturated carbocycles. The number of halogens is 1. The van der Waals surface area contributed by atoms with E-state index >= 15 is 0 Å². The Labute approximate surface area is 273 Å². The van der Waals surface area contributed by atoms with Crippen molar-refractivity contribution in [2.75, 3.05) is 12.0 Å². The van der Waals surface area contributed by atoms with Gasteiger partial charge in [-0.3, -0.25) is 24.1 Å². The molecule has 1 saturated heterocycles. The molecule has 0 radical (unpaired) electrons. The maximum Gasteiger partial charge on any atom is 0.238 e. The van der Waals surface area contributed by atoms with Crippen LogP contribution in [0.2, 0.25) is 5.02 Å². The summed E-state index contributed by atoms with van der Waals surface area (Å²) in [6.07, 6.45) is 3.72. The second kappa shape index (κ2) is 10.6. The number of fused-ring (bicyclic) bond motifs is 4. The lowest BCUT2D eigenvalue weighted by molar-refractivity contribution is -0.123. The normalized spacial score (nSPS) is 23.9. The molecule has 0 bridgehead atoms. The van der Waals surface area contributed by atoms with Crippen molar-refractivity contribution in [1.29, 1.82) is 0 Å². The number of Topliss-reactive ketones (excluding diaryl/α,β-unsaturated/α-hetero) is 1. The van der Waals surface area contributed by atoms with Crippen LogP contribution in [-0.2, 0) is 19.2 Å². The van der Waals surface area contributed by atoms with Gasteiger partial charge in [-0.1, -0.05) is 35.4 Å². The second-order valence-electron chi connectivity index (χ2n) is 12.3. The number of anilines is 1. The molecule has 4 atom stereocenters. The molecule has 8 rings (SSSR count). The standard InChI is InChI=1S/C37H27ClN2O7/c1-17-13-27(41)32-24(33(17)42)16-23-21(30(32)19-14-25(38)34(43)29(15-19)46-2)11-12-22-31(23)37(45)40(36(22)44)20-9-7-18(8-10-20)35-39-26-5-3-4-6-28(26)47-35/h3-11,13-15,22-23,30-31,43H,12,16H2,1-2H3/t22-,23+,30-,31-/m0/s1. The average molecular weight is 647 g/mol. The van der Waals surface area contributed by atoms with Gasteiger partial charge in [0, 0.05) is 28.2 Å². The van der Waals surface area contributed by atoms with Gasteiger partial charge in [0.15, 0.2) is 28.6 Å². The minimum atomic E-state index is -0.737. The number of para-hydroxylation sites is 2. The van der Waals surface area contributed by atoms with Gasteiger partial charge in [-0.15, -0.1) is 0 Å². The van der Waals surface area contributed by atoms with Crippen LogP contribution in [0.5, 0.6) is 11.5 Å². The monoisotopic (exact) mass is 646 g/mol. The number of hydrogen-bond donors (Lipinski definition) is 1. The maximum absolute atomic E-state index is 14.3. The van der Waals surface area contributed by atoms with Crippen molar-refractivity contribution in [2.24, 2.45) is 17.8 Å². The van der Waals surface area contributed by atoms with Gasteiger partial charge in [0.2, 0.25) is 17.7 Å². The number of imide groups is 1. The molecule has 1 aliphatic heterocycles. The number of hydrogen-bond acceptors (Lipinski definition) is 8. The van der Waals surface area contributed by atoms with Gasteiger partial charge in [-0.05, 0) is 85.9 Å². The molecule has 3 aliphatic carbocycles. The summed E-state index contributed by atoms with van der Waals surface area (Å²) < 4.78 is 11.2. The first-order valence-electron chi connectivity index (χ1n) is 15.3. The molecule has 2 amide bonds. The van der Waals surface area contributed by atoms with Crippen LogP contribution in [0, 0.1) is 17.8 Å². The Hall–Kier alpha value is -5.28. The zero-order valence-electron chi connectivity index (χ0n) is 25.3. The molecule has 4 aromatic rings. The number of nitrogens with zero attached hydrogens (tertiary/aromatic N) is 2. The van der Waals surface area contributed by atoms with E-state index in [2.05, 4.69) is 4.98 Å². The molecular formula is C37H27ClN2O7. The number of ketones is 2. The number of ether oxygens (including phenoxy) is 1. The summed E-state index contributed by atoms with van der Waals surface area (Å²) in [5.41, 5.74) is 4.83. The minimum Gasteiger partial charge on any atom is -0.503 e. The van der Waals surface area contributed by atoms with E-state index in [0.29, 0.717) is 45.0 Å². The van der Waals surface area contributed by atoms with Crippen molar-refractivity contribution in [3.8, 4) is 23.0 Å². The molecule has 0 spiro atoms. The van der Waals surface area contributed by atoms with Crippen molar-refractivity contribution in [3.63, 3.8) is 0 Å². The molecule has 2 heterocycles. The van der Waals surface area contributed by atoms with Gasteiger partial charge >= 0.3 is 0 Å². The van der Waals surface area contributed by atoms with Gasteiger partial charge in [0.1, 0.15) is 5.52 Å². The quantitative estimate of drug-likeness (QED) is 0.151. The van der Waals surface area contributed by atoms with Crippen LogP contribution < -0.4 is 9.64 Å². The van der Waals surface area contributed by atoms with Gasteiger partial charge in [-0.2, -0.15) is 0 Å². The van der Waals surface area contributed by atoms with E-state index in [1.807, 2.05) is 30.3 Å². The van der Waals surface area contributed by atoms with E-state index in [9.17, 15) is 24.3 Å². The predicted molar refractivity (Wildman–Crippen MR) is 173 cm³/mol. The number of benzene rings is 3. The van der Waals surface area contributed by atoms with Crippen LogP contribution in [-0.4, -0.2) is 40.6 Å². The Morgan fingerprint density at radius 3 is 2.51 bits per heavy atom. The number of oxazole rings is 1. The van der Waals surface area contributed by atoms with E-state index in [0.717, 1.165) is 11.1 Å². The van der Waals surface area contributed by atoms with Crippen molar-refractivity contribution in [2.45, 2.75) is 25.7 Å². The third-order valence-corrected chi connectivity index (χ3v) is 10.1. The fourth-order valence-corrected chi connectivity index (χ4v) is 7.90. The maximum atomic E-state index is 14.3. The summed E-state index contributed by atoms with van der Waals surface area (Å²) in [6, 6.07) is 17.5. The van der Waals surface area contributed by atoms with Crippen LogP contribution in [0.15, 0.2) is 99.5 Å². The fraction of sp³-hybridized carbons (Fsp3) is 0.216. The first-order valence-corrected chi connectivity index (χ1v) is 15.6. The molecule has 1 aromatic heterocycles. The summed E-state index contributed by atoms with van der Waals surface area (Å²) in [4.78, 5) is 61.1. The summed E-state index contributed by atoms with van der Waals surface area (Å²) >= 11 is 6.40. The largest absolute Gasteiger partial charge is 0.503 e. The van der Waals surface area contributed by atoms with E-state index < -0.39 is 23.7 Å². The molecule has 3 aromatic carbocycles. The Morgan fingerprint density at radius 1 is 1.00 bits per heavy atom. The fourth-order valence-electron chi connectivity index (χ4n) is 7.68. The average Bonchev–Trinajstić information content (AvgIpc) is 3.62. The number of aromatic nitrogens is 1. The van der Waals surface area contributed by atoms with Crippen LogP contribution in [0.25, 0.3) is 22.6 Å². The lowest BCUT2D eigenvalue weighted by Gasteiger charge is -2.42. The Morgan fingerprint density at radius 2 is 1.77 bits per heavy atom. The minimum absolute atomic E-state index is 0.0267. The van der Waals surface area contributed by atoms with Crippen molar-refractivity contribution in [1.82, 2.24) is 4.98 Å². The number of aromatic hydroxyl groups is 1. The Kier molecular flexibility index (Phi) is 6.59. The van der Waals surface area contributed by atoms with Crippen LogP contribution >= 0.6 is 11.6 Å². The zero-order chi connectivity index (χ0) is 32.7. The SMILES string of the molecule is COc1cc([C@H]2C3=CC[C@@H]4C(=O)N(c5ccc(-c6nc7ccccc7o6)cc5)C(=O)[C@@H]4[C@@H]3CC3=C2C(=O)C=C(C)C3=O)cc(Cl)c1O. The smallest absolute Gasteiger partial charge is 0.238 e. The van der Waals surface area contributed by atoms with Gasteiger partial charge < -0.3 is 14.3 Å².